The lowest BCUT2D eigenvalue weighted by Crippen LogP contribution is -2.35. The molecule has 0 amide bonds. The molecule has 2 atom stereocenters. The van der Waals surface area contributed by atoms with Crippen LogP contribution in [0.15, 0.2) is 6.20 Å². The zero-order valence-electron chi connectivity index (χ0n) is 12.9. The van der Waals surface area contributed by atoms with E-state index >= 15 is 0 Å². The molecule has 1 aromatic rings. The molecule has 0 aromatic carbocycles. The highest BCUT2D eigenvalue weighted by Crippen LogP contribution is 2.31. The average Bonchev–Trinajstić information content (AvgIpc) is 2.78. The van der Waals surface area contributed by atoms with E-state index < -0.39 is 0 Å². The lowest BCUT2D eigenvalue weighted by Gasteiger charge is -2.28. The lowest BCUT2D eigenvalue weighted by atomic mass is 9.97. The summed E-state index contributed by atoms with van der Waals surface area (Å²) < 4.78 is 13.1. The summed E-state index contributed by atoms with van der Waals surface area (Å²) >= 11 is 0. The largest absolute Gasteiger partial charge is 0.493 e. The van der Waals surface area contributed by atoms with E-state index in [1.807, 2.05) is 11.6 Å². The second-order valence-electron chi connectivity index (χ2n) is 5.33. The van der Waals surface area contributed by atoms with Crippen LogP contribution < -0.4 is 10.5 Å². The van der Waals surface area contributed by atoms with E-state index in [0.717, 1.165) is 11.4 Å². The molecule has 5 nitrogen and oxygen atoms in total. The van der Waals surface area contributed by atoms with Crippen LogP contribution in [0.2, 0.25) is 0 Å². The fourth-order valence-corrected chi connectivity index (χ4v) is 2.30. The van der Waals surface area contributed by atoms with E-state index in [0.29, 0.717) is 12.5 Å². The van der Waals surface area contributed by atoms with Crippen molar-refractivity contribution < 1.29 is 9.47 Å². The molecular formula is C14H27N3O2. The molecule has 0 saturated carbocycles. The minimum Gasteiger partial charge on any atom is -0.493 e. The molecule has 0 fully saturated rings. The molecule has 0 aliphatic rings. The van der Waals surface area contributed by atoms with E-state index in [4.69, 9.17) is 15.2 Å². The summed E-state index contributed by atoms with van der Waals surface area (Å²) in [6.07, 6.45) is 1.67. The zero-order chi connectivity index (χ0) is 14.6. The topological polar surface area (TPSA) is 62.3 Å². The SMILES string of the molecule is CCOC(C(C)C)C(N)c1c(OC)cnn1C(C)C. The number of rotatable bonds is 7. The van der Waals surface area contributed by atoms with Gasteiger partial charge in [0.25, 0.3) is 0 Å². The van der Waals surface area contributed by atoms with Crippen LogP contribution in [0.1, 0.15) is 52.4 Å². The zero-order valence-corrected chi connectivity index (χ0v) is 12.9. The number of ether oxygens (including phenoxy) is 2. The highest BCUT2D eigenvalue weighted by molar-refractivity contribution is 5.29. The van der Waals surface area contributed by atoms with Crippen LogP contribution in [0.3, 0.4) is 0 Å². The molecule has 2 unspecified atom stereocenters. The van der Waals surface area contributed by atoms with Crippen molar-refractivity contribution in [2.24, 2.45) is 11.7 Å². The van der Waals surface area contributed by atoms with Gasteiger partial charge in [-0.25, -0.2) is 0 Å². The van der Waals surface area contributed by atoms with E-state index in [2.05, 4.69) is 32.8 Å². The molecule has 110 valence electrons. The van der Waals surface area contributed by atoms with Crippen molar-refractivity contribution in [1.29, 1.82) is 0 Å². The molecule has 0 spiro atoms. The number of aromatic nitrogens is 2. The third-order valence-corrected chi connectivity index (χ3v) is 3.19. The average molecular weight is 269 g/mol. The van der Waals surface area contributed by atoms with Crippen molar-refractivity contribution in [2.75, 3.05) is 13.7 Å². The molecule has 0 saturated heterocycles. The monoisotopic (exact) mass is 269 g/mol. The summed E-state index contributed by atoms with van der Waals surface area (Å²) in [7, 11) is 1.64. The molecule has 0 aliphatic heterocycles. The number of nitrogens with zero attached hydrogens (tertiary/aromatic N) is 2. The van der Waals surface area contributed by atoms with Crippen molar-refractivity contribution in [1.82, 2.24) is 9.78 Å². The van der Waals surface area contributed by atoms with Gasteiger partial charge < -0.3 is 15.2 Å². The first-order valence-corrected chi connectivity index (χ1v) is 6.92. The first-order valence-electron chi connectivity index (χ1n) is 6.92. The van der Waals surface area contributed by atoms with Crippen molar-refractivity contribution in [3.63, 3.8) is 0 Å². The molecule has 19 heavy (non-hydrogen) atoms. The molecule has 1 aromatic heterocycles. The van der Waals surface area contributed by atoms with Gasteiger partial charge in [0.2, 0.25) is 0 Å². The third kappa shape index (κ3) is 3.48. The summed E-state index contributed by atoms with van der Waals surface area (Å²) in [6, 6.07) is -0.0146. The first-order chi connectivity index (χ1) is 8.93. The van der Waals surface area contributed by atoms with Gasteiger partial charge in [-0.05, 0) is 26.7 Å². The smallest absolute Gasteiger partial charge is 0.161 e. The number of methoxy groups -OCH3 is 1. The van der Waals surface area contributed by atoms with Crippen LogP contribution >= 0.6 is 0 Å². The first kappa shape index (κ1) is 16.0. The molecule has 1 rings (SSSR count). The maximum Gasteiger partial charge on any atom is 0.161 e. The van der Waals surface area contributed by atoms with Gasteiger partial charge in [-0.1, -0.05) is 13.8 Å². The number of hydrogen-bond donors (Lipinski definition) is 1. The summed E-state index contributed by atoms with van der Waals surface area (Å²) in [5.41, 5.74) is 7.33. The maximum absolute atomic E-state index is 6.42. The highest BCUT2D eigenvalue weighted by Gasteiger charge is 2.29. The van der Waals surface area contributed by atoms with Crippen LogP contribution in [-0.2, 0) is 4.74 Å². The molecule has 1 heterocycles. The van der Waals surface area contributed by atoms with Gasteiger partial charge in [0.1, 0.15) is 5.69 Å². The predicted molar refractivity (Wildman–Crippen MR) is 76.3 cm³/mol. The Morgan fingerprint density at radius 2 is 1.95 bits per heavy atom. The van der Waals surface area contributed by atoms with Crippen LogP contribution in [0.25, 0.3) is 0 Å². The van der Waals surface area contributed by atoms with Gasteiger partial charge in [-0.2, -0.15) is 5.10 Å². The van der Waals surface area contributed by atoms with Crippen molar-refractivity contribution >= 4 is 0 Å². The van der Waals surface area contributed by atoms with E-state index in [9.17, 15) is 0 Å². The molecule has 2 N–H and O–H groups in total. The second kappa shape index (κ2) is 6.91. The summed E-state index contributed by atoms with van der Waals surface area (Å²) in [5.74, 6) is 1.06. The van der Waals surface area contributed by atoms with Crippen molar-refractivity contribution in [3.8, 4) is 5.75 Å². The van der Waals surface area contributed by atoms with Gasteiger partial charge in [-0.15, -0.1) is 0 Å². The van der Waals surface area contributed by atoms with E-state index in [-0.39, 0.29) is 18.2 Å². The Balaban J connectivity index is 3.14. The Bertz CT molecular complexity index is 388. The summed E-state index contributed by atoms with van der Waals surface area (Å²) in [4.78, 5) is 0. The van der Waals surface area contributed by atoms with Crippen molar-refractivity contribution in [3.05, 3.63) is 11.9 Å². The van der Waals surface area contributed by atoms with Crippen LogP contribution in [0, 0.1) is 5.92 Å². The standard InChI is InChI=1S/C14H27N3O2/c1-7-19-14(9(2)3)12(15)13-11(18-6)8-16-17(13)10(4)5/h8-10,12,14H,7,15H2,1-6H3. The molecular weight excluding hydrogens is 242 g/mol. The van der Waals surface area contributed by atoms with E-state index in [1.165, 1.54) is 0 Å². The summed E-state index contributed by atoms with van der Waals surface area (Å²) in [6.45, 7) is 11.0. The Morgan fingerprint density at radius 1 is 1.32 bits per heavy atom. The van der Waals surface area contributed by atoms with Crippen molar-refractivity contribution in [2.45, 2.75) is 52.8 Å². The van der Waals surface area contributed by atoms with Crippen LogP contribution in [0.4, 0.5) is 0 Å². The minimum atomic E-state index is -0.250. The number of hydrogen-bond acceptors (Lipinski definition) is 4. The quantitative estimate of drug-likeness (QED) is 0.826. The summed E-state index contributed by atoms with van der Waals surface area (Å²) in [5, 5.41) is 4.37. The van der Waals surface area contributed by atoms with Crippen LogP contribution in [-0.4, -0.2) is 29.6 Å². The Kier molecular flexibility index (Phi) is 5.82. The van der Waals surface area contributed by atoms with Gasteiger partial charge in [0, 0.05) is 12.6 Å². The molecule has 0 bridgehead atoms. The van der Waals surface area contributed by atoms with E-state index in [1.54, 1.807) is 13.3 Å². The normalized spacial score (nSPS) is 15.0. The number of nitrogens with two attached hydrogens (primary N) is 1. The Hall–Kier alpha value is -1.07. The molecule has 0 aliphatic carbocycles. The van der Waals surface area contributed by atoms with Gasteiger partial charge in [0.15, 0.2) is 5.75 Å². The highest BCUT2D eigenvalue weighted by atomic mass is 16.5. The Labute approximate surface area is 116 Å². The predicted octanol–water partition coefficient (Wildman–Crippen LogP) is 2.53. The van der Waals surface area contributed by atoms with Gasteiger partial charge in [0.05, 0.1) is 25.5 Å². The van der Waals surface area contributed by atoms with Gasteiger partial charge in [-0.3, -0.25) is 4.68 Å². The van der Waals surface area contributed by atoms with Crippen LogP contribution in [0.5, 0.6) is 5.75 Å². The van der Waals surface area contributed by atoms with Gasteiger partial charge >= 0.3 is 0 Å². The third-order valence-electron chi connectivity index (χ3n) is 3.19. The molecule has 5 heteroatoms. The fraction of sp³-hybridized carbons (Fsp3) is 0.786. The minimum absolute atomic E-state index is 0.0481. The molecule has 0 radical (unpaired) electrons. The lowest BCUT2D eigenvalue weighted by molar-refractivity contribution is 0.00956. The Morgan fingerprint density at radius 3 is 2.37 bits per heavy atom. The fourth-order valence-electron chi connectivity index (χ4n) is 2.30. The second-order valence-corrected chi connectivity index (χ2v) is 5.33. The maximum atomic E-state index is 6.42.